The third-order valence-corrected chi connectivity index (χ3v) is 3.96. The molecule has 0 amide bonds. The largest absolute Gasteiger partial charge is 0.384 e. The van der Waals surface area contributed by atoms with Crippen LogP contribution in [0.3, 0.4) is 0 Å². The molecule has 0 saturated heterocycles. The maximum absolute atomic E-state index is 6.33. The molecule has 0 bridgehead atoms. The van der Waals surface area contributed by atoms with Gasteiger partial charge in [-0.2, -0.15) is 0 Å². The Morgan fingerprint density at radius 1 is 0.769 bits per heavy atom. The van der Waals surface area contributed by atoms with Crippen molar-refractivity contribution in [1.82, 2.24) is 0 Å². The lowest BCUT2D eigenvalue weighted by atomic mass is 10.0. The zero-order valence-electron chi connectivity index (χ0n) is 14.8. The number of rotatable bonds is 6. The van der Waals surface area contributed by atoms with E-state index in [4.69, 9.17) is 5.73 Å². The van der Waals surface area contributed by atoms with Crippen LogP contribution in [0.25, 0.3) is 11.1 Å². The van der Waals surface area contributed by atoms with Gasteiger partial charge in [-0.15, -0.1) is 0 Å². The SMILES string of the molecule is C/C=C\C(Nc1ccccc1-c1ccccc1)=C(/N)Nc1ccccc1. The van der Waals surface area contributed by atoms with Gasteiger partial charge >= 0.3 is 0 Å². The fourth-order valence-electron chi connectivity index (χ4n) is 2.72. The highest BCUT2D eigenvalue weighted by molar-refractivity contribution is 5.79. The second-order valence-electron chi connectivity index (χ2n) is 5.85. The maximum Gasteiger partial charge on any atom is 0.125 e. The van der Waals surface area contributed by atoms with Crippen molar-refractivity contribution in [2.75, 3.05) is 10.6 Å². The van der Waals surface area contributed by atoms with Crippen molar-refractivity contribution in [3.05, 3.63) is 109 Å². The fraction of sp³-hybridized carbons (Fsp3) is 0.0435. The molecule has 3 nitrogen and oxygen atoms in total. The highest BCUT2D eigenvalue weighted by Crippen LogP contribution is 2.29. The summed E-state index contributed by atoms with van der Waals surface area (Å²) in [5.41, 5.74) is 11.4. The predicted octanol–water partition coefficient (Wildman–Crippen LogP) is 5.58. The Hall–Kier alpha value is -3.46. The van der Waals surface area contributed by atoms with Gasteiger partial charge in [0.25, 0.3) is 0 Å². The van der Waals surface area contributed by atoms with Gasteiger partial charge in [0.15, 0.2) is 0 Å². The lowest BCUT2D eigenvalue weighted by molar-refractivity contribution is 1.24. The van der Waals surface area contributed by atoms with Crippen LogP contribution < -0.4 is 16.4 Å². The minimum Gasteiger partial charge on any atom is -0.384 e. The molecule has 0 spiro atoms. The van der Waals surface area contributed by atoms with Gasteiger partial charge in [0.2, 0.25) is 0 Å². The molecule has 26 heavy (non-hydrogen) atoms. The molecule has 3 heteroatoms. The summed E-state index contributed by atoms with van der Waals surface area (Å²) in [5.74, 6) is 0.567. The number of nitrogens with two attached hydrogens (primary N) is 1. The summed E-state index contributed by atoms with van der Waals surface area (Å²) in [6, 6.07) is 28.4. The predicted molar refractivity (Wildman–Crippen MR) is 112 cm³/mol. The number of anilines is 2. The molecule has 0 aliphatic carbocycles. The number of hydrogen-bond donors (Lipinski definition) is 3. The van der Waals surface area contributed by atoms with Crippen molar-refractivity contribution in [2.24, 2.45) is 5.73 Å². The van der Waals surface area contributed by atoms with Crippen LogP contribution >= 0.6 is 0 Å². The standard InChI is InChI=1S/C23H23N3/c1-2-11-22(23(24)25-19-14-7-4-8-15-19)26-21-17-10-9-16-20(21)18-12-5-3-6-13-18/h2-17,25-26H,24H2,1H3/b11-2-,23-22-. The normalized spacial score (nSPS) is 11.9. The van der Waals surface area contributed by atoms with Crippen LogP contribution in [0.5, 0.6) is 0 Å². The highest BCUT2D eigenvalue weighted by atomic mass is 15.0. The first-order valence-corrected chi connectivity index (χ1v) is 8.64. The molecule has 0 aliphatic rings. The summed E-state index contributed by atoms with van der Waals surface area (Å²) < 4.78 is 0. The minimum atomic E-state index is 0.567. The molecule has 0 fully saturated rings. The van der Waals surface area contributed by atoms with Crippen molar-refractivity contribution in [1.29, 1.82) is 0 Å². The molecular formula is C23H23N3. The van der Waals surface area contributed by atoms with Gasteiger partial charge < -0.3 is 16.4 Å². The lowest BCUT2D eigenvalue weighted by Gasteiger charge is -2.16. The number of nitrogens with one attached hydrogen (secondary N) is 2. The van der Waals surface area contributed by atoms with E-state index >= 15 is 0 Å². The Labute approximate surface area is 154 Å². The van der Waals surface area contributed by atoms with Gasteiger partial charge in [0, 0.05) is 16.9 Å². The molecule has 4 N–H and O–H groups in total. The molecule has 0 atom stereocenters. The van der Waals surface area contributed by atoms with Crippen LogP contribution in [0, 0.1) is 0 Å². The molecule has 0 saturated carbocycles. The van der Waals surface area contributed by atoms with Gasteiger partial charge in [-0.25, -0.2) is 0 Å². The van der Waals surface area contributed by atoms with E-state index in [1.807, 2.05) is 79.7 Å². The van der Waals surface area contributed by atoms with E-state index in [1.54, 1.807) is 0 Å². The number of benzene rings is 3. The molecule has 0 aliphatic heterocycles. The Kier molecular flexibility index (Phi) is 5.73. The van der Waals surface area contributed by atoms with Crippen molar-refractivity contribution in [3.8, 4) is 11.1 Å². The maximum atomic E-state index is 6.33. The van der Waals surface area contributed by atoms with Gasteiger partial charge in [-0.3, -0.25) is 0 Å². The van der Waals surface area contributed by atoms with Crippen LogP contribution in [-0.4, -0.2) is 0 Å². The number of para-hydroxylation sites is 2. The van der Waals surface area contributed by atoms with Gasteiger partial charge in [-0.05, 0) is 36.8 Å². The van der Waals surface area contributed by atoms with E-state index in [-0.39, 0.29) is 0 Å². The summed E-state index contributed by atoms with van der Waals surface area (Å²) in [5, 5.41) is 6.72. The Morgan fingerprint density at radius 2 is 1.38 bits per heavy atom. The van der Waals surface area contributed by atoms with Crippen LogP contribution in [0.2, 0.25) is 0 Å². The second kappa shape index (κ2) is 8.58. The zero-order valence-corrected chi connectivity index (χ0v) is 14.8. The molecule has 0 radical (unpaired) electrons. The third kappa shape index (κ3) is 4.33. The van der Waals surface area contributed by atoms with Gasteiger partial charge in [0.1, 0.15) is 5.82 Å². The van der Waals surface area contributed by atoms with Crippen molar-refractivity contribution >= 4 is 11.4 Å². The van der Waals surface area contributed by atoms with Crippen LogP contribution in [0.4, 0.5) is 11.4 Å². The average Bonchev–Trinajstić information content (AvgIpc) is 2.69. The average molecular weight is 341 g/mol. The first kappa shape index (κ1) is 17.4. The highest BCUT2D eigenvalue weighted by Gasteiger charge is 2.07. The summed E-state index contributed by atoms with van der Waals surface area (Å²) >= 11 is 0. The van der Waals surface area contributed by atoms with Crippen molar-refractivity contribution in [3.63, 3.8) is 0 Å². The Balaban J connectivity index is 1.93. The fourth-order valence-corrected chi connectivity index (χ4v) is 2.72. The van der Waals surface area contributed by atoms with Gasteiger partial charge in [0.05, 0.1) is 5.70 Å². The molecule has 3 rings (SSSR count). The van der Waals surface area contributed by atoms with Gasteiger partial charge in [-0.1, -0.05) is 72.8 Å². The van der Waals surface area contributed by atoms with E-state index in [0.717, 1.165) is 28.2 Å². The van der Waals surface area contributed by atoms with Crippen molar-refractivity contribution in [2.45, 2.75) is 6.92 Å². The lowest BCUT2D eigenvalue weighted by Crippen LogP contribution is -2.16. The summed E-state index contributed by atoms with van der Waals surface area (Å²) in [7, 11) is 0. The summed E-state index contributed by atoms with van der Waals surface area (Å²) in [6.45, 7) is 1.97. The molecule has 0 aromatic heterocycles. The summed E-state index contributed by atoms with van der Waals surface area (Å²) in [4.78, 5) is 0. The molecule has 3 aromatic carbocycles. The topological polar surface area (TPSA) is 50.1 Å². The quantitative estimate of drug-likeness (QED) is 0.513. The molecular weight excluding hydrogens is 318 g/mol. The molecule has 0 heterocycles. The Morgan fingerprint density at radius 3 is 2.08 bits per heavy atom. The molecule has 0 unspecified atom stereocenters. The van der Waals surface area contributed by atoms with E-state index < -0.39 is 0 Å². The van der Waals surface area contributed by atoms with Crippen LogP contribution in [0.15, 0.2) is 109 Å². The number of allylic oxidation sites excluding steroid dienone is 2. The smallest absolute Gasteiger partial charge is 0.125 e. The zero-order chi connectivity index (χ0) is 18.2. The monoisotopic (exact) mass is 341 g/mol. The Bertz CT molecular complexity index is 897. The van der Waals surface area contributed by atoms with E-state index in [1.165, 1.54) is 0 Å². The first-order valence-electron chi connectivity index (χ1n) is 8.64. The third-order valence-electron chi connectivity index (χ3n) is 3.96. The van der Waals surface area contributed by atoms with Crippen LogP contribution in [0.1, 0.15) is 6.92 Å². The first-order chi connectivity index (χ1) is 12.8. The summed E-state index contributed by atoms with van der Waals surface area (Å²) in [6.07, 6.45) is 3.93. The van der Waals surface area contributed by atoms with E-state index in [0.29, 0.717) is 5.82 Å². The second-order valence-corrected chi connectivity index (χ2v) is 5.85. The van der Waals surface area contributed by atoms with E-state index in [2.05, 4.69) is 34.9 Å². The molecule has 3 aromatic rings. The number of hydrogen-bond acceptors (Lipinski definition) is 3. The van der Waals surface area contributed by atoms with Crippen molar-refractivity contribution < 1.29 is 0 Å². The van der Waals surface area contributed by atoms with E-state index in [9.17, 15) is 0 Å². The molecule has 130 valence electrons. The minimum absolute atomic E-state index is 0.567. The van der Waals surface area contributed by atoms with Crippen LogP contribution in [-0.2, 0) is 0 Å².